The molecule has 0 spiro atoms. The Kier molecular flexibility index (Phi) is 4.03. The van der Waals surface area contributed by atoms with Gasteiger partial charge in [0.25, 0.3) is 0 Å². The molecule has 3 heteroatoms. The van der Waals surface area contributed by atoms with Crippen molar-refractivity contribution in [2.24, 2.45) is 5.92 Å². The number of benzene rings is 1. The van der Waals surface area contributed by atoms with Gasteiger partial charge in [0.1, 0.15) is 0 Å². The van der Waals surface area contributed by atoms with E-state index in [9.17, 15) is 13.9 Å². The molecule has 0 saturated heterocycles. The van der Waals surface area contributed by atoms with Gasteiger partial charge in [-0.2, -0.15) is 0 Å². The van der Waals surface area contributed by atoms with Gasteiger partial charge in [0.2, 0.25) is 0 Å². The van der Waals surface area contributed by atoms with Crippen LogP contribution in [0, 0.1) is 17.6 Å². The van der Waals surface area contributed by atoms with Crippen molar-refractivity contribution < 1.29 is 13.9 Å². The fraction of sp³-hybridized carbons (Fsp3) is 0.538. The fourth-order valence-corrected chi connectivity index (χ4v) is 1.75. The lowest BCUT2D eigenvalue weighted by molar-refractivity contribution is -0.00906. The molecule has 0 aliphatic heterocycles. The summed E-state index contributed by atoms with van der Waals surface area (Å²) in [5.74, 6) is -1.71. The first-order valence-electron chi connectivity index (χ1n) is 5.56. The lowest BCUT2D eigenvalue weighted by Crippen LogP contribution is -2.37. The standard InChI is InChI=1S/C13H18F2O/c1-4-13(16,9(2)3)8-10-6-5-7-11(14)12(10)15/h5-7,9,16H,4,8H2,1-3H3. The van der Waals surface area contributed by atoms with E-state index in [2.05, 4.69) is 0 Å². The summed E-state index contributed by atoms with van der Waals surface area (Å²) in [4.78, 5) is 0. The van der Waals surface area contributed by atoms with Gasteiger partial charge in [-0.05, 0) is 24.0 Å². The van der Waals surface area contributed by atoms with Crippen LogP contribution in [0.25, 0.3) is 0 Å². The van der Waals surface area contributed by atoms with Crippen LogP contribution in [0.4, 0.5) is 8.78 Å². The summed E-state index contributed by atoms with van der Waals surface area (Å²) >= 11 is 0. The minimum Gasteiger partial charge on any atom is -0.389 e. The first kappa shape index (κ1) is 13.1. The molecule has 0 fully saturated rings. The van der Waals surface area contributed by atoms with Crippen LogP contribution in [0.5, 0.6) is 0 Å². The molecule has 1 atom stereocenters. The van der Waals surface area contributed by atoms with E-state index in [1.165, 1.54) is 12.1 Å². The van der Waals surface area contributed by atoms with Crippen molar-refractivity contribution in [2.75, 3.05) is 0 Å². The van der Waals surface area contributed by atoms with Gasteiger partial charge >= 0.3 is 0 Å². The highest BCUT2D eigenvalue weighted by atomic mass is 19.2. The molecule has 1 rings (SSSR count). The van der Waals surface area contributed by atoms with Crippen molar-refractivity contribution in [1.29, 1.82) is 0 Å². The lowest BCUT2D eigenvalue weighted by Gasteiger charge is -2.31. The van der Waals surface area contributed by atoms with E-state index in [1.807, 2.05) is 20.8 Å². The Balaban J connectivity index is 2.99. The molecule has 1 N–H and O–H groups in total. The highest BCUT2D eigenvalue weighted by molar-refractivity contribution is 5.21. The van der Waals surface area contributed by atoms with Gasteiger partial charge in [-0.1, -0.05) is 32.9 Å². The van der Waals surface area contributed by atoms with Crippen molar-refractivity contribution in [3.63, 3.8) is 0 Å². The zero-order chi connectivity index (χ0) is 12.3. The highest BCUT2D eigenvalue weighted by Gasteiger charge is 2.30. The normalized spacial score (nSPS) is 15.2. The molecule has 0 radical (unpaired) electrons. The number of aliphatic hydroxyl groups is 1. The maximum atomic E-state index is 13.4. The maximum absolute atomic E-state index is 13.4. The maximum Gasteiger partial charge on any atom is 0.162 e. The second-order valence-electron chi connectivity index (χ2n) is 4.50. The number of halogens is 2. The van der Waals surface area contributed by atoms with Crippen LogP contribution in [0.15, 0.2) is 18.2 Å². The molecule has 90 valence electrons. The predicted octanol–water partition coefficient (Wildman–Crippen LogP) is 3.30. The van der Waals surface area contributed by atoms with Crippen LogP contribution >= 0.6 is 0 Å². The minimum absolute atomic E-state index is 0.000155. The molecule has 1 aromatic rings. The Hall–Kier alpha value is -0.960. The zero-order valence-corrected chi connectivity index (χ0v) is 9.93. The highest BCUT2D eigenvalue weighted by Crippen LogP contribution is 2.27. The second-order valence-corrected chi connectivity index (χ2v) is 4.50. The summed E-state index contributed by atoms with van der Waals surface area (Å²) in [5.41, 5.74) is -0.743. The van der Waals surface area contributed by atoms with Gasteiger partial charge in [-0.25, -0.2) is 8.78 Å². The van der Waals surface area contributed by atoms with E-state index >= 15 is 0 Å². The third-order valence-electron chi connectivity index (χ3n) is 3.22. The van der Waals surface area contributed by atoms with E-state index in [0.717, 1.165) is 6.07 Å². The Morgan fingerprint density at radius 3 is 2.44 bits per heavy atom. The third-order valence-corrected chi connectivity index (χ3v) is 3.22. The molecule has 0 aromatic heterocycles. The smallest absolute Gasteiger partial charge is 0.162 e. The van der Waals surface area contributed by atoms with Crippen LogP contribution in [0.1, 0.15) is 32.8 Å². The molecule has 0 heterocycles. The SMILES string of the molecule is CCC(O)(Cc1cccc(F)c1F)C(C)C. The van der Waals surface area contributed by atoms with Gasteiger partial charge in [-0.3, -0.25) is 0 Å². The second kappa shape index (κ2) is 4.91. The number of hydrogen-bond acceptors (Lipinski definition) is 1. The van der Waals surface area contributed by atoms with Gasteiger partial charge in [0.15, 0.2) is 11.6 Å². The van der Waals surface area contributed by atoms with Crippen LogP contribution in [-0.2, 0) is 6.42 Å². The molecule has 0 saturated carbocycles. The molecule has 1 unspecified atom stereocenters. The van der Waals surface area contributed by atoms with Gasteiger partial charge in [0.05, 0.1) is 5.60 Å². The molecular formula is C13H18F2O. The van der Waals surface area contributed by atoms with Crippen molar-refractivity contribution in [2.45, 2.75) is 39.2 Å². The molecule has 1 aromatic carbocycles. The Labute approximate surface area is 95.1 Å². The monoisotopic (exact) mass is 228 g/mol. The van der Waals surface area contributed by atoms with Crippen molar-refractivity contribution in [3.8, 4) is 0 Å². The van der Waals surface area contributed by atoms with E-state index < -0.39 is 17.2 Å². The molecule has 0 aliphatic carbocycles. The summed E-state index contributed by atoms with van der Waals surface area (Å²) in [6.07, 6.45) is 0.658. The van der Waals surface area contributed by atoms with Crippen LogP contribution < -0.4 is 0 Å². The topological polar surface area (TPSA) is 20.2 Å². The Morgan fingerprint density at radius 1 is 1.31 bits per heavy atom. The average molecular weight is 228 g/mol. The molecule has 0 amide bonds. The van der Waals surface area contributed by atoms with Gasteiger partial charge in [-0.15, -0.1) is 0 Å². The van der Waals surface area contributed by atoms with Crippen molar-refractivity contribution in [1.82, 2.24) is 0 Å². The van der Waals surface area contributed by atoms with E-state index in [1.54, 1.807) is 0 Å². The van der Waals surface area contributed by atoms with Gasteiger partial charge < -0.3 is 5.11 Å². The van der Waals surface area contributed by atoms with Crippen LogP contribution in [0.3, 0.4) is 0 Å². The van der Waals surface area contributed by atoms with Gasteiger partial charge in [0, 0.05) is 6.42 Å². The van der Waals surface area contributed by atoms with Crippen LogP contribution in [0.2, 0.25) is 0 Å². The summed E-state index contributed by atoms with van der Waals surface area (Å²) in [6, 6.07) is 4.06. The Morgan fingerprint density at radius 2 is 1.94 bits per heavy atom. The lowest BCUT2D eigenvalue weighted by atomic mass is 9.82. The van der Waals surface area contributed by atoms with Crippen molar-refractivity contribution in [3.05, 3.63) is 35.4 Å². The summed E-state index contributed by atoms with van der Waals surface area (Å²) < 4.78 is 26.4. The summed E-state index contributed by atoms with van der Waals surface area (Å²) in [5, 5.41) is 10.3. The van der Waals surface area contributed by atoms with E-state index in [0.29, 0.717) is 6.42 Å². The number of hydrogen-bond donors (Lipinski definition) is 1. The van der Waals surface area contributed by atoms with E-state index in [-0.39, 0.29) is 17.9 Å². The van der Waals surface area contributed by atoms with Crippen molar-refractivity contribution >= 4 is 0 Å². The van der Waals surface area contributed by atoms with E-state index in [4.69, 9.17) is 0 Å². The predicted molar refractivity (Wildman–Crippen MR) is 60.1 cm³/mol. The third kappa shape index (κ3) is 2.59. The molecule has 1 nitrogen and oxygen atoms in total. The average Bonchev–Trinajstić information content (AvgIpc) is 2.24. The quantitative estimate of drug-likeness (QED) is 0.838. The number of rotatable bonds is 4. The molecule has 0 bridgehead atoms. The first-order valence-corrected chi connectivity index (χ1v) is 5.56. The first-order chi connectivity index (χ1) is 7.40. The largest absolute Gasteiger partial charge is 0.389 e. The minimum atomic E-state index is -0.978. The molecule has 0 aliphatic rings. The molecular weight excluding hydrogens is 210 g/mol. The molecule has 16 heavy (non-hydrogen) atoms. The Bertz CT molecular complexity index is 363. The fourth-order valence-electron chi connectivity index (χ4n) is 1.75. The summed E-state index contributed by atoms with van der Waals surface area (Å²) in [6.45, 7) is 5.60. The summed E-state index contributed by atoms with van der Waals surface area (Å²) in [7, 11) is 0. The van der Waals surface area contributed by atoms with Crippen LogP contribution in [-0.4, -0.2) is 10.7 Å². The zero-order valence-electron chi connectivity index (χ0n) is 9.93.